The second-order valence-corrected chi connectivity index (χ2v) is 4.77. The molecule has 2 rings (SSSR count). The molecule has 0 saturated carbocycles. The van der Waals surface area contributed by atoms with E-state index in [0.717, 1.165) is 29.2 Å². The molecule has 0 aliphatic heterocycles. The van der Waals surface area contributed by atoms with E-state index >= 15 is 0 Å². The van der Waals surface area contributed by atoms with Crippen LogP contribution in [-0.4, -0.2) is 28.4 Å². The molecule has 6 nitrogen and oxygen atoms in total. The fourth-order valence-electron chi connectivity index (χ4n) is 1.98. The van der Waals surface area contributed by atoms with E-state index in [-0.39, 0.29) is 24.1 Å². The standard InChI is InChI=1S/C15H11F3N2O4/c16-15(17,18)11-3-1-2-10(4-11)6-20-8-19-5-12(14(20)23)13(22)7-24-9-21/h1-5,8-9H,6-7H2. The van der Waals surface area contributed by atoms with E-state index in [1.165, 1.54) is 12.1 Å². The molecule has 0 aliphatic carbocycles. The van der Waals surface area contributed by atoms with Crippen molar-refractivity contribution in [3.05, 3.63) is 63.8 Å². The fraction of sp³-hybridized carbons (Fsp3) is 0.200. The topological polar surface area (TPSA) is 78.3 Å². The van der Waals surface area contributed by atoms with Crippen LogP contribution in [-0.2, 0) is 22.3 Å². The first-order chi connectivity index (χ1) is 11.3. The summed E-state index contributed by atoms with van der Waals surface area (Å²) in [6, 6.07) is 4.48. The van der Waals surface area contributed by atoms with Gasteiger partial charge in [-0.2, -0.15) is 13.2 Å². The van der Waals surface area contributed by atoms with E-state index in [4.69, 9.17) is 0 Å². The molecule has 0 bridgehead atoms. The van der Waals surface area contributed by atoms with Crippen molar-refractivity contribution >= 4 is 12.3 Å². The largest absolute Gasteiger partial charge is 0.459 e. The summed E-state index contributed by atoms with van der Waals surface area (Å²) in [6.07, 6.45) is -2.37. The van der Waals surface area contributed by atoms with E-state index < -0.39 is 29.7 Å². The summed E-state index contributed by atoms with van der Waals surface area (Å²) in [7, 11) is 0. The summed E-state index contributed by atoms with van der Waals surface area (Å²) >= 11 is 0. The molecule has 0 fully saturated rings. The van der Waals surface area contributed by atoms with Crippen LogP contribution in [0.25, 0.3) is 0 Å². The Labute approximate surface area is 133 Å². The fourth-order valence-corrected chi connectivity index (χ4v) is 1.98. The average molecular weight is 340 g/mol. The maximum absolute atomic E-state index is 12.7. The van der Waals surface area contributed by atoms with Crippen molar-refractivity contribution in [2.24, 2.45) is 0 Å². The summed E-state index contributed by atoms with van der Waals surface area (Å²) in [5, 5.41) is 0. The minimum atomic E-state index is -4.50. The highest BCUT2D eigenvalue weighted by Gasteiger charge is 2.30. The Bertz CT molecular complexity index is 815. The number of aromatic nitrogens is 2. The van der Waals surface area contributed by atoms with Gasteiger partial charge in [0.2, 0.25) is 5.78 Å². The molecule has 0 radical (unpaired) electrons. The number of ether oxygens (including phenoxy) is 1. The molecule has 0 amide bonds. The van der Waals surface area contributed by atoms with E-state index in [2.05, 4.69) is 9.72 Å². The number of carbonyl (C=O) groups excluding carboxylic acids is 2. The number of hydrogen-bond acceptors (Lipinski definition) is 5. The summed E-state index contributed by atoms with van der Waals surface area (Å²) in [4.78, 5) is 37.7. The van der Waals surface area contributed by atoms with E-state index in [1.807, 2.05) is 0 Å². The molecule has 0 aliphatic rings. The van der Waals surface area contributed by atoms with Crippen molar-refractivity contribution in [3.63, 3.8) is 0 Å². The zero-order valence-electron chi connectivity index (χ0n) is 12.1. The molecule has 0 spiro atoms. The quantitative estimate of drug-likeness (QED) is 0.590. The van der Waals surface area contributed by atoms with Crippen LogP contribution in [0.4, 0.5) is 13.2 Å². The number of rotatable bonds is 6. The summed E-state index contributed by atoms with van der Waals surface area (Å²) in [5.74, 6) is -0.752. The van der Waals surface area contributed by atoms with Crippen LogP contribution in [0.2, 0.25) is 0 Å². The van der Waals surface area contributed by atoms with Gasteiger partial charge >= 0.3 is 6.18 Å². The molecule has 0 N–H and O–H groups in total. The van der Waals surface area contributed by atoms with Gasteiger partial charge in [-0.15, -0.1) is 0 Å². The molecule has 0 atom stereocenters. The monoisotopic (exact) mass is 340 g/mol. The molecule has 24 heavy (non-hydrogen) atoms. The minimum absolute atomic E-state index is 0.0649. The zero-order valence-corrected chi connectivity index (χ0v) is 12.1. The Kier molecular flexibility index (Phi) is 5.12. The predicted octanol–water partition coefficient (Wildman–Crippen LogP) is 1.67. The number of alkyl halides is 3. The zero-order chi connectivity index (χ0) is 17.7. The maximum Gasteiger partial charge on any atom is 0.416 e. The van der Waals surface area contributed by atoms with Gasteiger partial charge in [-0.25, -0.2) is 4.98 Å². The molecule has 1 aromatic heterocycles. The van der Waals surface area contributed by atoms with Crippen LogP contribution in [0, 0.1) is 0 Å². The molecule has 0 saturated heterocycles. The third-order valence-electron chi connectivity index (χ3n) is 3.09. The molecular formula is C15H11F3N2O4. The minimum Gasteiger partial charge on any atom is -0.459 e. The summed E-state index contributed by atoms with van der Waals surface area (Å²) < 4.78 is 43.4. The van der Waals surface area contributed by atoms with Crippen LogP contribution >= 0.6 is 0 Å². The van der Waals surface area contributed by atoms with E-state index in [9.17, 15) is 27.6 Å². The maximum atomic E-state index is 12.7. The SMILES string of the molecule is O=COCC(=O)c1cncn(Cc2cccc(C(F)(F)F)c2)c1=O. The predicted molar refractivity (Wildman–Crippen MR) is 75.4 cm³/mol. The van der Waals surface area contributed by atoms with Gasteiger partial charge in [-0.05, 0) is 17.7 Å². The Balaban J connectivity index is 2.30. The van der Waals surface area contributed by atoms with Crippen molar-refractivity contribution in [2.75, 3.05) is 6.61 Å². The normalized spacial score (nSPS) is 11.1. The van der Waals surface area contributed by atoms with Crippen molar-refractivity contribution in [1.82, 2.24) is 9.55 Å². The lowest BCUT2D eigenvalue weighted by atomic mass is 10.1. The first kappa shape index (κ1) is 17.4. The van der Waals surface area contributed by atoms with Gasteiger partial charge in [0, 0.05) is 6.20 Å². The highest BCUT2D eigenvalue weighted by molar-refractivity contribution is 5.96. The Morgan fingerprint density at radius 2 is 2.08 bits per heavy atom. The second-order valence-electron chi connectivity index (χ2n) is 4.77. The average Bonchev–Trinajstić information content (AvgIpc) is 2.54. The van der Waals surface area contributed by atoms with Crippen LogP contribution in [0.15, 0.2) is 41.6 Å². The first-order valence-corrected chi connectivity index (χ1v) is 6.62. The lowest BCUT2D eigenvalue weighted by molar-refractivity contribution is -0.137. The lowest BCUT2D eigenvalue weighted by Crippen LogP contribution is -2.28. The van der Waals surface area contributed by atoms with Crippen molar-refractivity contribution < 1.29 is 27.5 Å². The first-order valence-electron chi connectivity index (χ1n) is 6.62. The van der Waals surface area contributed by atoms with Gasteiger partial charge in [-0.3, -0.25) is 19.0 Å². The molecule has 9 heteroatoms. The molecule has 0 unspecified atom stereocenters. The Hall–Kier alpha value is -2.97. The van der Waals surface area contributed by atoms with Crippen molar-refractivity contribution in [2.45, 2.75) is 12.7 Å². The number of halogens is 3. The number of ketones is 1. The van der Waals surface area contributed by atoms with Gasteiger partial charge in [0.05, 0.1) is 18.4 Å². The smallest absolute Gasteiger partial charge is 0.416 e. The van der Waals surface area contributed by atoms with Crippen molar-refractivity contribution in [1.29, 1.82) is 0 Å². The molecule has 1 aromatic carbocycles. The van der Waals surface area contributed by atoms with Gasteiger partial charge in [0.25, 0.3) is 12.0 Å². The summed E-state index contributed by atoms with van der Waals surface area (Å²) in [5.41, 5.74) is -1.66. The van der Waals surface area contributed by atoms with E-state index in [0.29, 0.717) is 0 Å². The highest BCUT2D eigenvalue weighted by atomic mass is 19.4. The van der Waals surface area contributed by atoms with E-state index in [1.54, 1.807) is 0 Å². The third kappa shape index (κ3) is 4.06. The molecule has 126 valence electrons. The number of hydrogen-bond donors (Lipinski definition) is 0. The van der Waals surface area contributed by atoms with Crippen molar-refractivity contribution in [3.8, 4) is 0 Å². The van der Waals surface area contributed by atoms with Gasteiger partial charge < -0.3 is 4.74 Å². The molecular weight excluding hydrogens is 329 g/mol. The van der Waals surface area contributed by atoms with Gasteiger partial charge in [0.15, 0.2) is 6.61 Å². The Morgan fingerprint density at radius 1 is 1.33 bits per heavy atom. The number of carbonyl (C=O) groups is 2. The summed E-state index contributed by atoms with van der Waals surface area (Å²) in [6.45, 7) is -0.741. The van der Waals surface area contributed by atoms with Crippen LogP contribution in [0.3, 0.4) is 0 Å². The lowest BCUT2D eigenvalue weighted by Gasteiger charge is -2.10. The third-order valence-corrected chi connectivity index (χ3v) is 3.09. The number of nitrogens with zero attached hydrogens (tertiary/aromatic N) is 2. The van der Waals surface area contributed by atoms with Crippen LogP contribution < -0.4 is 5.56 Å². The Morgan fingerprint density at radius 3 is 2.75 bits per heavy atom. The van der Waals surface area contributed by atoms with Crippen LogP contribution in [0.1, 0.15) is 21.5 Å². The number of Topliss-reactive ketones (excluding diaryl/α,β-unsaturated/α-hetero) is 1. The second kappa shape index (κ2) is 7.07. The molecule has 2 aromatic rings. The van der Waals surface area contributed by atoms with Gasteiger partial charge in [-0.1, -0.05) is 12.1 Å². The van der Waals surface area contributed by atoms with Crippen LogP contribution in [0.5, 0.6) is 0 Å². The van der Waals surface area contributed by atoms with Gasteiger partial charge in [0.1, 0.15) is 5.56 Å². The number of benzene rings is 1. The molecule has 1 heterocycles. The highest BCUT2D eigenvalue weighted by Crippen LogP contribution is 2.29.